The fraction of sp³-hybridized carbons (Fsp3) is 0.222. The lowest BCUT2D eigenvalue weighted by Crippen LogP contribution is -2.36. The minimum absolute atomic E-state index is 0.141. The predicted molar refractivity (Wildman–Crippen MR) is 91.2 cm³/mol. The molecule has 1 heterocycles. The van der Waals surface area contributed by atoms with Gasteiger partial charge in [0.15, 0.2) is 17.7 Å². The Morgan fingerprint density at radius 2 is 2.08 bits per heavy atom. The monoisotopic (exact) mass is 361 g/mol. The van der Waals surface area contributed by atoms with Crippen LogP contribution in [-0.2, 0) is 4.79 Å². The lowest BCUT2D eigenvalue weighted by atomic mass is 10.1. The van der Waals surface area contributed by atoms with E-state index in [1.54, 1.807) is 43.3 Å². The third-order valence-corrected chi connectivity index (χ3v) is 3.98. The van der Waals surface area contributed by atoms with E-state index in [2.05, 4.69) is 5.32 Å². The average molecular weight is 362 g/mol. The average Bonchev–Trinajstić information content (AvgIpc) is 2.62. The number of rotatable bonds is 4. The van der Waals surface area contributed by atoms with Gasteiger partial charge in [-0.25, -0.2) is 0 Å². The molecular weight excluding hydrogens is 346 g/mol. The van der Waals surface area contributed by atoms with E-state index in [0.29, 0.717) is 16.9 Å². The number of nitrogens with one attached hydrogen (secondary N) is 1. The van der Waals surface area contributed by atoms with E-state index in [-0.39, 0.29) is 28.8 Å². The molecule has 1 aliphatic heterocycles. The molecule has 2 aromatic rings. The van der Waals surface area contributed by atoms with Crippen LogP contribution in [0.2, 0.25) is 5.02 Å². The van der Waals surface area contributed by atoms with Crippen molar-refractivity contribution in [1.82, 2.24) is 5.32 Å². The third-order valence-electron chi connectivity index (χ3n) is 3.70. The van der Waals surface area contributed by atoms with Gasteiger partial charge in [-0.05, 0) is 24.3 Å². The van der Waals surface area contributed by atoms with Crippen LogP contribution in [0.15, 0.2) is 36.4 Å². The van der Waals surface area contributed by atoms with Gasteiger partial charge in [-0.1, -0.05) is 30.7 Å². The van der Waals surface area contributed by atoms with E-state index in [4.69, 9.17) is 25.8 Å². The van der Waals surface area contributed by atoms with Gasteiger partial charge in [-0.3, -0.25) is 9.59 Å². The molecule has 1 atom stereocenters. The molecule has 0 spiro atoms. The first kappa shape index (κ1) is 17.1. The van der Waals surface area contributed by atoms with Gasteiger partial charge in [0.25, 0.3) is 5.91 Å². The van der Waals surface area contributed by atoms with Crippen molar-refractivity contribution in [3.8, 4) is 17.2 Å². The van der Waals surface area contributed by atoms with Gasteiger partial charge in [0.2, 0.25) is 0 Å². The molecule has 0 radical (unpaired) electrons. The van der Waals surface area contributed by atoms with Crippen molar-refractivity contribution in [3.63, 3.8) is 0 Å². The smallest absolute Gasteiger partial charge is 0.311 e. The zero-order chi connectivity index (χ0) is 18.0. The molecule has 3 rings (SSSR count). The fourth-order valence-corrected chi connectivity index (χ4v) is 2.70. The molecule has 2 aromatic carbocycles. The third kappa shape index (κ3) is 3.39. The Hall–Kier alpha value is -2.73. The van der Waals surface area contributed by atoms with E-state index in [9.17, 15) is 9.59 Å². The summed E-state index contributed by atoms with van der Waals surface area (Å²) in [7, 11) is 1.44. The first-order valence-electron chi connectivity index (χ1n) is 7.68. The minimum Gasteiger partial charge on any atom is -0.493 e. The number of halogens is 1. The highest BCUT2D eigenvalue weighted by atomic mass is 35.5. The van der Waals surface area contributed by atoms with Gasteiger partial charge in [0.05, 0.1) is 17.7 Å². The summed E-state index contributed by atoms with van der Waals surface area (Å²) < 4.78 is 16.3. The van der Waals surface area contributed by atoms with Crippen LogP contribution in [0.3, 0.4) is 0 Å². The Morgan fingerprint density at radius 1 is 1.32 bits per heavy atom. The summed E-state index contributed by atoms with van der Waals surface area (Å²) in [5, 5.41) is 2.94. The lowest BCUT2D eigenvalue weighted by Gasteiger charge is -2.27. The van der Waals surface area contributed by atoms with Crippen molar-refractivity contribution in [1.29, 1.82) is 0 Å². The highest BCUT2D eigenvalue weighted by Crippen LogP contribution is 2.39. The first-order valence-corrected chi connectivity index (χ1v) is 8.06. The summed E-state index contributed by atoms with van der Waals surface area (Å²) in [6, 6.07) is 10.1. The topological polar surface area (TPSA) is 73.9 Å². The van der Waals surface area contributed by atoms with Crippen LogP contribution >= 0.6 is 11.6 Å². The van der Waals surface area contributed by atoms with Gasteiger partial charge in [0.1, 0.15) is 5.75 Å². The van der Waals surface area contributed by atoms with Gasteiger partial charge in [-0.2, -0.15) is 0 Å². The minimum atomic E-state index is -0.732. The summed E-state index contributed by atoms with van der Waals surface area (Å²) in [6.07, 6.45) is -0.524. The SMILES string of the molecule is CCC(=O)Oc1c(Cl)cc(C2NC(=O)c3ccccc3O2)cc1OC. The molecule has 0 saturated heterocycles. The molecule has 25 heavy (non-hydrogen) atoms. The molecule has 7 heteroatoms. The number of methoxy groups -OCH3 is 1. The summed E-state index contributed by atoms with van der Waals surface area (Å²) in [4.78, 5) is 23.8. The van der Waals surface area contributed by atoms with E-state index < -0.39 is 12.2 Å². The van der Waals surface area contributed by atoms with Crippen molar-refractivity contribution in [2.24, 2.45) is 0 Å². The van der Waals surface area contributed by atoms with E-state index >= 15 is 0 Å². The normalized spacial score (nSPS) is 15.6. The van der Waals surface area contributed by atoms with Gasteiger partial charge < -0.3 is 19.5 Å². The summed E-state index contributed by atoms with van der Waals surface area (Å²) in [5.74, 6) is 0.226. The maximum absolute atomic E-state index is 12.2. The second-order valence-electron chi connectivity index (χ2n) is 5.33. The Labute approximate surface area is 149 Å². The summed E-state index contributed by atoms with van der Waals surface area (Å²) in [5.41, 5.74) is 1.03. The van der Waals surface area contributed by atoms with Crippen molar-refractivity contribution in [2.45, 2.75) is 19.6 Å². The Bertz CT molecular complexity index is 836. The molecule has 1 unspecified atom stereocenters. The maximum atomic E-state index is 12.2. The molecule has 1 N–H and O–H groups in total. The van der Waals surface area contributed by atoms with E-state index in [1.165, 1.54) is 7.11 Å². The Kier molecular flexibility index (Phi) is 4.81. The van der Waals surface area contributed by atoms with Crippen LogP contribution in [0.25, 0.3) is 0 Å². The Morgan fingerprint density at radius 3 is 2.80 bits per heavy atom. The van der Waals surface area contributed by atoms with Crippen molar-refractivity contribution in [2.75, 3.05) is 7.11 Å². The zero-order valence-corrected chi connectivity index (χ0v) is 14.4. The number of benzene rings is 2. The number of amides is 1. The fourth-order valence-electron chi connectivity index (χ4n) is 2.44. The van der Waals surface area contributed by atoms with Crippen LogP contribution in [-0.4, -0.2) is 19.0 Å². The highest BCUT2D eigenvalue weighted by Gasteiger charge is 2.28. The van der Waals surface area contributed by atoms with Gasteiger partial charge >= 0.3 is 5.97 Å². The largest absolute Gasteiger partial charge is 0.493 e. The zero-order valence-electron chi connectivity index (χ0n) is 13.7. The van der Waals surface area contributed by atoms with Crippen LogP contribution in [0, 0.1) is 0 Å². The van der Waals surface area contributed by atoms with E-state index in [0.717, 1.165) is 0 Å². The highest BCUT2D eigenvalue weighted by molar-refractivity contribution is 6.32. The molecule has 0 bridgehead atoms. The number of carbonyl (C=O) groups is 2. The van der Waals surface area contributed by atoms with Crippen LogP contribution in [0.5, 0.6) is 17.2 Å². The number of hydrogen-bond donors (Lipinski definition) is 1. The molecule has 1 aliphatic rings. The van der Waals surface area contributed by atoms with Gasteiger partial charge in [-0.15, -0.1) is 0 Å². The number of ether oxygens (including phenoxy) is 3. The number of para-hydroxylation sites is 1. The quantitative estimate of drug-likeness (QED) is 0.666. The molecule has 6 nitrogen and oxygen atoms in total. The molecule has 0 aliphatic carbocycles. The first-order chi connectivity index (χ1) is 12.0. The van der Waals surface area contributed by atoms with Crippen molar-refractivity contribution in [3.05, 3.63) is 52.5 Å². The number of fused-ring (bicyclic) bond motifs is 1. The summed E-state index contributed by atoms with van der Waals surface area (Å²) >= 11 is 6.24. The van der Waals surface area contributed by atoms with E-state index in [1.807, 2.05) is 0 Å². The molecule has 130 valence electrons. The van der Waals surface area contributed by atoms with Crippen LogP contribution in [0.4, 0.5) is 0 Å². The number of carbonyl (C=O) groups excluding carboxylic acids is 2. The van der Waals surface area contributed by atoms with Gasteiger partial charge in [0, 0.05) is 12.0 Å². The molecule has 1 amide bonds. The number of hydrogen-bond acceptors (Lipinski definition) is 5. The second-order valence-corrected chi connectivity index (χ2v) is 5.74. The van der Waals surface area contributed by atoms with Crippen molar-refractivity contribution < 1.29 is 23.8 Å². The van der Waals surface area contributed by atoms with Crippen molar-refractivity contribution >= 4 is 23.5 Å². The standard InChI is InChI=1S/C18H16ClNO5/c1-3-15(21)25-16-12(19)8-10(9-14(16)23-2)18-20-17(22)11-6-4-5-7-13(11)24-18/h4-9,18H,3H2,1-2H3,(H,20,22). The molecule has 0 fully saturated rings. The lowest BCUT2D eigenvalue weighted by molar-refractivity contribution is -0.134. The molecule has 0 saturated carbocycles. The van der Waals surface area contributed by atoms with Crippen LogP contribution < -0.4 is 19.5 Å². The molecular formula is C18H16ClNO5. The second kappa shape index (κ2) is 7.03. The summed E-state index contributed by atoms with van der Waals surface area (Å²) in [6.45, 7) is 1.68. The Balaban J connectivity index is 1.95. The number of esters is 1. The maximum Gasteiger partial charge on any atom is 0.311 e. The predicted octanol–water partition coefficient (Wildman–Crippen LogP) is 3.49. The van der Waals surface area contributed by atoms with Crippen LogP contribution in [0.1, 0.15) is 35.5 Å². The molecule has 0 aromatic heterocycles.